The number of nitrogens with zero attached hydrogens (tertiary/aromatic N) is 1. The number of aliphatic hydroxyl groups excluding tert-OH is 1. The summed E-state index contributed by atoms with van der Waals surface area (Å²) in [6.07, 6.45) is -3.25. The van der Waals surface area contributed by atoms with E-state index >= 15 is 0 Å². The molecular weight excluding hydrogens is 427 g/mol. The van der Waals surface area contributed by atoms with Gasteiger partial charge in [0, 0.05) is 13.1 Å². The van der Waals surface area contributed by atoms with Crippen molar-refractivity contribution in [2.45, 2.75) is 44.1 Å². The monoisotopic (exact) mass is 445 g/mol. The number of carbonyl (C=O) groups excluding carboxylic acids is 3. The molecule has 1 saturated carbocycles. The lowest BCUT2D eigenvalue weighted by molar-refractivity contribution is -0.139. The van der Waals surface area contributed by atoms with Crippen LogP contribution in [0.5, 0.6) is 0 Å². The van der Waals surface area contributed by atoms with Crippen molar-refractivity contribution in [2.24, 2.45) is 11.8 Å². The van der Waals surface area contributed by atoms with Gasteiger partial charge in [0.05, 0.1) is 23.1 Å². The molecule has 3 aliphatic rings. The van der Waals surface area contributed by atoms with Crippen molar-refractivity contribution < 1.29 is 32.7 Å². The SMILES string of the molecule is O=C1NC(=O)C(CC(CO)C(=O)N2Cc3cc(Cl)c(C(F)(F)F)cc3C2)(C2CC2)N1. The van der Waals surface area contributed by atoms with Gasteiger partial charge in [-0.3, -0.25) is 14.9 Å². The van der Waals surface area contributed by atoms with Crippen LogP contribution < -0.4 is 10.6 Å². The number of rotatable bonds is 5. The highest BCUT2D eigenvalue weighted by Gasteiger charge is 2.57. The van der Waals surface area contributed by atoms with Gasteiger partial charge in [-0.25, -0.2) is 4.79 Å². The van der Waals surface area contributed by atoms with Crippen LogP contribution in [0.4, 0.5) is 18.0 Å². The minimum Gasteiger partial charge on any atom is -0.396 e. The second-order valence-corrected chi connectivity index (χ2v) is 8.44. The molecule has 0 aromatic heterocycles. The Labute approximate surface area is 174 Å². The Kier molecular flexibility index (Phi) is 4.97. The number of aliphatic hydroxyl groups is 1. The lowest BCUT2D eigenvalue weighted by Crippen LogP contribution is -2.52. The van der Waals surface area contributed by atoms with Gasteiger partial charge in [-0.2, -0.15) is 13.2 Å². The van der Waals surface area contributed by atoms with Crippen molar-refractivity contribution >= 4 is 29.4 Å². The van der Waals surface area contributed by atoms with Crippen LogP contribution in [0.2, 0.25) is 5.02 Å². The van der Waals surface area contributed by atoms with Crippen LogP contribution in [0, 0.1) is 11.8 Å². The van der Waals surface area contributed by atoms with Gasteiger partial charge in [0.1, 0.15) is 5.54 Å². The maximum Gasteiger partial charge on any atom is 0.417 e. The molecule has 1 saturated heterocycles. The summed E-state index contributed by atoms with van der Waals surface area (Å²) >= 11 is 5.76. The number of nitrogens with one attached hydrogen (secondary N) is 2. The Morgan fingerprint density at radius 2 is 1.90 bits per heavy atom. The first-order valence-corrected chi connectivity index (χ1v) is 9.84. The molecule has 4 amide bonds. The predicted octanol–water partition coefficient (Wildman–Crippen LogP) is 2.19. The molecule has 162 valence electrons. The topological polar surface area (TPSA) is 98.7 Å². The highest BCUT2D eigenvalue weighted by atomic mass is 35.5. The number of carbonyl (C=O) groups is 3. The molecule has 1 aliphatic carbocycles. The molecule has 2 heterocycles. The van der Waals surface area contributed by atoms with Gasteiger partial charge in [-0.1, -0.05) is 11.6 Å². The van der Waals surface area contributed by atoms with Gasteiger partial charge >= 0.3 is 12.2 Å². The third-order valence-corrected chi connectivity index (χ3v) is 6.32. The van der Waals surface area contributed by atoms with Crippen LogP contribution >= 0.6 is 11.6 Å². The highest BCUT2D eigenvalue weighted by Crippen LogP contribution is 2.45. The minimum absolute atomic E-state index is 0.0531. The summed E-state index contributed by atoms with van der Waals surface area (Å²) in [6.45, 7) is -0.560. The van der Waals surface area contributed by atoms with Crippen LogP contribution in [0.1, 0.15) is 36.0 Å². The van der Waals surface area contributed by atoms with E-state index in [0.29, 0.717) is 24.0 Å². The van der Waals surface area contributed by atoms with Gasteiger partial charge < -0.3 is 15.3 Å². The number of urea groups is 1. The van der Waals surface area contributed by atoms with Crippen LogP contribution in [-0.2, 0) is 28.9 Å². The fourth-order valence-electron chi connectivity index (χ4n) is 4.35. The first-order chi connectivity index (χ1) is 14.0. The fraction of sp³-hybridized carbons (Fsp3) is 0.526. The van der Waals surface area contributed by atoms with E-state index < -0.39 is 52.7 Å². The van der Waals surface area contributed by atoms with Gasteiger partial charge in [-0.05, 0) is 48.4 Å². The molecule has 2 atom stereocenters. The van der Waals surface area contributed by atoms with E-state index in [9.17, 15) is 32.7 Å². The molecule has 2 fully saturated rings. The molecule has 0 spiro atoms. The zero-order valence-corrected chi connectivity index (χ0v) is 16.4. The summed E-state index contributed by atoms with van der Waals surface area (Å²) in [5.74, 6) is -2.11. The second kappa shape index (κ2) is 7.12. The Bertz CT molecular complexity index is 934. The summed E-state index contributed by atoms with van der Waals surface area (Å²) in [7, 11) is 0. The maximum atomic E-state index is 13.1. The van der Waals surface area contributed by atoms with Crippen molar-refractivity contribution in [3.63, 3.8) is 0 Å². The lowest BCUT2D eigenvalue weighted by Gasteiger charge is -2.31. The number of alkyl halides is 3. The summed E-state index contributed by atoms with van der Waals surface area (Å²) in [4.78, 5) is 38.5. The van der Waals surface area contributed by atoms with Crippen LogP contribution in [0.25, 0.3) is 0 Å². The van der Waals surface area contributed by atoms with E-state index in [4.69, 9.17) is 11.6 Å². The molecule has 1 aromatic rings. The Morgan fingerprint density at radius 3 is 2.40 bits per heavy atom. The standard InChI is InChI=1S/C19H19ClF3N3O4/c20-14-4-10-7-26(6-9(10)3-13(14)19(21,22)23)15(28)11(8-27)5-18(12-1-2-12)16(29)24-17(30)25-18/h3-4,11-12,27H,1-2,5-8H2,(H2,24,25,29,30). The van der Waals surface area contributed by atoms with Crippen molar-refractivity contribution in [3.05, 3.63) is 33.8 Å². The summed E-state index contributed by atoms with van der Waals surface area (Å²) in [5, 5.41) is 14.2. The van der Waals surface area contributed by atoms with E-state index in [1.807, 2.05) is 0 Å². The number of imide groups is 1. The number of hydrogen-bond acceptors (Lipinski definition) is 4. The average molecular weight is 446 g/mol. The van der Waals surface area contributed by atoms with Crippen molar-refractivity contribution in [2.75, 3.05) is 6.61 Å². The number of hydrogen-bond donors (Lipinski definition) is 3. The maximum absolute atomic E-state index is 13.1. The van der Waals surface area contributed by atoms with Gasteiger partial charge in [-0.15, -0.1) is 0 Å². The Morgan fingerprint density at radius 1 is 1.27 bits per heavy atom. The lowest BCUT2D eigenvalue weighted by atomic mass is 9.82. The molecule has 2 unspecified atom stereocenters. The number of amides is 4. The first kappa shape index (κ1) is 20.9. The van der Waals surface area contributed by atoms with E-state index in [1.165, 1.54) is 11.0 Å². The summed E-state index contributed by atoms with van der Waals surface area (Å²) < 4.78 is 39.3. The quantitative estimate of drug-likeness (QED) is 0.605. The van der Waals surface area contributed by atoms with Gasteiger partial charge in [0.25, 0.3) is 5.91 Å². The molecular formula is C19H19ClF3N3O4. The molecule has 2 aliphatic heterocycles. The third-order valence-electron chi connectivity index (χ3n) is 6.01. The molecule has 11 heteroatoms. The second-order valence-electron chi connectivity index (χ2n) is 8.03. The van der Waals surface area contributed by atoms with Gasteiger partial charge in [0.2, 0.25) is 5.91 Å². The zero-order chi connectivity index (χ0) is 21.8. The van der Waals surface area contributed by atoms with E-state index in [2.05, 4.69) is 10.6 Å². The zero-order valence-electron chi connectivity index (χ0n) is 15.7. The molecule has 1 aromatic carbocycles. The molecule has 0 radical (unpaired) electrons. The summed E-state index contributed by atoms with van der Waals surface area (Å²) in [5.41, 5.74) is -1.38. The Hall–Kier alpha value is -2.33. The number of fused-ring (bicyclic) bond motifs is 1. The third kappa shape index (κ3) is 3.51. The van der Waals surface area contributed by atoms with Crippen molar-refractivity contribution in [1.29, 1.82) is 0 Å². The molecule has 4 rings (SSSR count). The number of halogens is 4. The smallest absolute Gasteiger partial charge is 0.396 e. The highest BCUT2D eigenvalue weighted by molar-refractivity contribution is 6.31. The van der Waals surface area contributed by atoms with E-state index in [-0.39, 0.29) is 25.4 Å². The van der Waals surface area contributed by atoms with Crippen LogP contribution in [0.15, 0.2) is 12.1 Å². The molecule has 0 bridgehead atoms. The minimum atomic E-state index is -4.61. The van der Waals surface area contributed by atoms with Crippen LogP contribution in [-0.4, -0.2) is 40.0 Å². The van der Waals surface area contributed by atoms with Crippen molar-refractivity contribution in [3.8, 4) is 0 Å². The fourth-order valence-corrected chi connectivity index (χ4v) is 4.64. The predicted molar refractivity (Wildman–Crippen MR) is 98.0 cm³/mol. The van der Waals surface area contributed by atoms with E-state index in [0.717, 1.165) is 6.07 Å². The molecule has 30 heavy (non-hydrogen) atoms. The molecule has 7 nitrogen and oxygen atoms in total. The van der Waals surface area contributed by atoms with Gasteiger partial charge in [0.15, 0.2) is 0 Å². The molecule has 3 N–H and O–H groups in total. The normalized spacial score (nSPS) is 24.5. The van der Waals surface area contributed by atoms with Crippen molar-refractivity contribution in [1.82, 2.24) is 15.5 Å². The Balaban J connectivity index is 1.53. The first-order valence-electron chi connectivity index (χ1n) is 9.47. The van der Waals surface area contributed by atoms with Crippen LogP contribution in [0.3, 0.4) is 0 Å². The number of benzene rings is 1. The summed E-state index contributed by atoms with van der Waals surface area (Å²) in [6, 6.07) is 1.51. The largest absolute Gasteiger partial charge is 0.417 e. The van der Waals surface area contributed by atoms with E-state index in [1.54, 1.807) is 0 Å². The average Bonchev–Trinajstić information content (AvgIpc) is 3.36.